The van der Waals surface area contributed by atoms with E-state index >= 15 is 0 Å². The summed E-state index contributed by atoms with van der Waals surface area (Å²) in [6, 6.07) is 10.7. The number of aromatic amines is 1. The number of aromatic nitrogens is 3. The number of anilines is 2. The number of nitrogens with one attached hydrogen (secondary N) is 3. The summed E-state index contributed by atoms with van der Waals surface area (Å²) in [4.78, 5) is 35.1. The predicted molar refractivity (Wildman–Crippen MR) is 144 cm³/mol. The first kappa shape index (κ1) is 23.5. The van der Waals surface area contributed by atoms with Crippen LogP contribution < -0.4 is 10.9 Å². The quantitative estimate of drug-likeness (QED) is 0.438. The molecule has 10 heteroatoms. The summed E-state index contributed by atoms with van der Waals surface area (Å²) in [5.74, 6) is 2.88. The molecular formula is C28H34N8O2. The van der Waals surface area contributed by atoms with Crippen molar-refractivity contribution in [2.45, 2.75) is 51.1 Å². The number of amides is 1. The Kier molecular flexibility index (Phi) is 6.13. The molecule has 3 fully saturated rings. The van der Waals surface area contributed by atoms with E-state index in [0.717, 1.165) is 73.7 Å². The van der Waals surface area contributed by atoms with E-state index < -0.39 is 0 Å². The van der Waals surface area contributed by atoms with Crippen LogP contribution in [0.15, 0.2) is 42.7 Å². The van der Waals surface area contributed by atoms with Gasteiger partial charge in [0.15, 0.2) is 5.76 Å². The monoisotopic (exact) mass is 514 g/mol. The Hall–Kier alpha value is -3.63. The Morgan fingerprint density at radius 3 is 2.71 bits per heavy atom. The number of hydrogen-bond donors (Lipinski definition) is 3. The van der Waals surface area contributed by atoms with Gasteiger partial charge in [0.25, 0.3) is 0 Å². The molecule has 0 atom stereocenters. The van der Waals surface area contributed by atoms with Gasteiger partial charge in [0, 0.05) is 56.4 Å². The average Bonchev–Trinajstić information content (AvgIpc) is 3.30. The number of fused-ring (bicyclic) bond motifs is 1. The average molecular weight is 515 g/mol. The van der Waals surface area contributed by atoms with Crippen LogP contribution in [0.25, 0.3) is 16.8 Å². The summed E-state index contributed by atoms with van der Waals surface area (Å²) in [5, 5.41) is 5.43. The van der Waals surface area contributed by atoms with Gasteiger partial charge >= 0.3 is 0 Å². The van der Waals surface area contributed by atoms with Gasteiger partial charge in [0.05, 0.1) is 17.2 Å². The number of carbonyl (C=O) groups excluding carboxylic acids is 1. The lowest BCUT2D eigenvalue weighted by molar-refractivity contribution is -0.134. The van der Waals surface area contributed by atoms with Crippen molar-refractivity contribution in [2.75, 3.05) is 31.5 Å². The maximum absolute atomic E-state index is 12.3. The number of carbonyl (C=O) groups is 1. The molecule has 3 aromatic rings. The zero-order valence-electron chi connectivity index (χ0n) is 21.5. The minimum Gasteiger partial charge on any atom is -0.387 e. The smallest absolute Gasteiger partial charge is 0.225 e. The van der Waals surface area contributed by atoms with Gasteiger partial charge in [-0.25, -0.2) is 9.97 Å². The molecule has 2 aliphatic carbocycles. The molecule has 0 bridgehead atoms. The summed E-state index contributed by atoms with van der Waals surface area (Å²) in [6.07, 6.45) is 11.0. The van der Waals surface area contributed by atoms with E-state index in [2.05, 4.69) is 55.2 Å². The van der Waals surface area contributed by atoms with Crippen molar-refractivity contribution in [1.29, 1.82) is 0 Å². The van der Waals surface area contributed by atoms with E-state index in [0.29, 0.717) is 23.8 Å². The fraction of sp³-hybridized carbons (Fsp3) is 0.464. The molecule has 1 aromatic carbocycles. The molecule has 0 radical (unpaired) electrons. The van der Waals surface area contributed by atoms with E-state index in [1.165, 1.54) is 31.2 Å². The maximum Gasteiger partial charge on any atom is 0.225 e. The van der Waals surface area contributed by atoms with Crippen LogP contribution in [0.5, 0.6) is 0 Å². The summed E-state index contributed by atoms with van der Waals surface area (Å²) in [7, 11) is 0. The normalized spacial score (nSPS) is 20.7. The van der Waals surface area contributed by atoms with Crippen molar-refractivity contribution in [3.8, 4) is 0 Å². The van der Waals surface area contributed by atoms with Gasteiger partial charge in [-0.2, -0.15) is 0 Å². The lowest BCUT2D eigenvalue weighted by Gasteiger charge is -2.34. The van der Waals surface area contributed by atoms with Gasteiger partial charge in [0.2, 0.25) is 11.9 Å². The van der Waals surface area contributed by atoms with E-state index in [9.17, 15) is 4.79 Å². The Labute approximate surface area is 222 Å². The number of H-pyrrole nitrogens is 1. The first-order chi connectivity index (χ1) is 18.7. The Morgan fingerprint density at radius 2 is 1.89 bits per heavy atom. The number of pyridine rings is 1. The molecular weight excluding hydrogens is 480 g/mol. The van der Waals surface area contributed by atoms with Crippen LogP contribution in [0.3, 0.4) is 0 Å². The van der Waals surface area contributed by atoms with Crippen molar-refractivity contribution in [3.63, 3.8) is 0 Å². The van der Waals surface area contributed by atoms with Crippen molar-refractivity contribution < 1.29 is 9.63 Å². The maximum atomic E-state index is 12.3. The minimum absolute atomic E-state index is 0.303. The standard InChI is InChI=1S/C28H34N8O2/c37-27(20-5-6-20)35-13-11-34(12-14-35)17-19-9-10-29-26(15-19)32-28-30-23-8-7-21(16-24(23)31-28)25-18-36(33-38-25)22-3-1-2-4-22/h7-10,15-16,18,20,22,33H,1-6,11-14,17H2,(H2,29,30,31,32). The minimum atomic E-state index is 0.303. The van der Waals surface area contributed by atoms with Gasteiger partial charge in [-0.05, 0) is 61.6 Å². The summed E-state index contributed by atoms with van der Waals surface area (Å²) in [6.45, 7) is 4.30. The van der Waals surface area contributed by atoms with Crippen LogP contribution in [0.2, 0.25) is 0 Å². The third kappa shape index (κ3) is 4.93. The summed E-state index contributed by atoms with van der Waals surface area (Å²) >= 11 is 0. The highest BCUT2D eigenvalue weighted by Crippen LogP contribution is 2.32. The number of imidazole rings is 1. The molecule has 2 aliphatic heterocycles. The van der Waals surface area contributed by atoms with E-state index in [1.807, 2.05) is 23.2 Å². The number of benzene rings is 1. The molecule has 1 saturated heterocycles. The summed E-state index contributed by atoms with van der Waals surface area (Å²) in [5.41, 5.74) is 7.06. The molecule has 198 valence electrons. The van der Waals surface area contributed by atoms with Crippen LogP contribution >= 0.6 is 0 Å². The highest BCUT2D eigenvalue weighted by atomic mass is 16.7. The molecule has 10 nitrogen and oxygen atoms in total. The topological polar surface area (TPSA) is 102 Å². The van der Waals surface area contributed by atoms with Gasteiger partial charge in [0.1, 0.15) is 5.82 Å². The number of piperazine rings is 1. The fourth-order valence-corrected chi connectivity index (χ4v) is 5.73. The second-order valence-electron chi connectivity index (χ2n) is 10.9. The third-order valence-electron chi connectivity index (χ3n) is 8.09. The molecule has 3 N–H and O–H groups in total. The van der Waals surface area contributed by atoms with Crippen LogP contribution in [0.1, 0.15) is 49.7 Å². The second-order valence-corrected chi connectivity index (χ2v) is 10.9. The number of nitrogens with zero attached hydrogens (tertiary/aromatic N) is 5. The Bertz CT molecular complexity index is 1350. The SMILES string of the molecule is O=C(C1CC1)N1CCN(Cc2ccnc(Nc3nc4ccc(C5=CN(C6CCCC6)NO5)cc4[nH]3)c2)CC1. The molecule has 1 amide bonds. The molecule has 2 saturated carbocycles. The zero-order valence-corrected chi connectivity index (χ0v) is 21.5. The van der Waals surface area contributed by atoms with Crippen LogP contribution in [-0.4, -0.2) is 67.9 Å². The lowest BCUT2D eigenvalue weighted by atomic mass is 10.1. The largest absolute Gasteiger partial charge is 0.387 e. The van der Waals surface area contributed by atoms with Crippen molar-refractivity contribution >= 4 is 34.5 Å². The summed E-state index contributed by atoms with van der Waals surface area (Å²) < 4.78 is 0. The highest BCUT2D eigenvalue weighted by molar-refractivity contribution is 5.82. The van der Waals surface area contributed by atoms with Crippen molar-refractivity contribution in [3.05, 3.63) is 53.9 Å². The molecule has 4 heterocycles. The second kappa shape index (κ2) is 9.92. The number of hydrazine groups is 1. The molecule has 4 aliphatic rings. The molecule has 38 heavy (non-hydrogen) atoms. The Balaban J connectivity index is 0.989. The van der Waals surface area contributed by atoms with Crippen molar-refractivity contribution in [2.24, 2.45) is 5.92 Å². The molecule has 2 aromatic heterocycles. The predicted octanol–water partition coefficient (Wildman–Crippen LogP) is 3.75. The Morgan fingerprint density at radius 1 is 1.05 bits per heavy atom. The first-order valence-corrected chi connectivity index (χ1v) is 13.8. The zero-order chi connectivity index (χ0) is 25.5. The van der Waals surface area contributed by atoms with Crippen LogP contribution in [-0.2, 0) is 16.2 Å². The molecule has 0 unspecified atom stereocenters. The van der Waals surface area contributed by atoms with Gasteiger partial charge < -0.3 is 20.0 Å². The van der Waals surface area contributed by atoms with Crippen LogP contribution in [0, 0.1) is 5.92 Å². The van der Waals surface area contributed by atoms with Gasteiger partial charge in [-0.1, -0.05) is 18.4 Å². The van der Waals surface area contributed by atoms with E-state index in [4.69, 9.17) is 9.82 Å². The number of rotatable bonds is 7. The molecule has 0 spiro atoms. The molecule has 7 rings (SSSR count). The van der Waals surface area contributed by atoms with E-state index in [1.54, 1.807) is 0 Å². The fourth-order valence-electron chi connectivity index (χ4n) is 5.73. The highest BCUT2D eigenvalue weighted by Gasteiger charge is 2.34. The van der Waals surface area contributed by atoms with Gasteiger partial charge in [-0.15, -0.1) is 0 Å². The van der Waals surface area contributed by atoms with Gasteiger partial charge in [-0.3, -0.25) is 14.7 Å². The third-order valence-corrected chi connectivity index (χ3v) is 8.09. The number of hydrogen-bond acceptors (Lipinski definition) is 8. The van der Waals surface area contributed by atoms with E-state index in [-0.39, 0.29) is 0 Å². The van der Waals surface area contributed by atoms with Crippen LogP contribution in [0.4, 0.5) is 11.8 Å². The lowest BCUT2D eigenvalue weighted by Crippen LogP contribution is -2.48. The van der Waals surface area contributed by atoms with Crippen molar-refractivity contribution in [1.82, 2.24) is 35.3 Å². The first-order valence-electron chi connectivity index (χ1n) is 13.8.